The third-order valence-corrected chi connectivity index (χ3v) is 6.51. The van der Waals surface area contributed by atoms with Crippen LogP contribution < -0.4 is 5.73 Å². The van der Waals surface area contributed by atoms with Crippen molar-refractivity contribution in [1.29, 1.82) is 0 Å². The first-order valence-corrected chi connectivity index (χ1v) is 11.7. The van der Waals surface area contributed by atoms with Gasteiger partial charge in [-0.1, -0.05) is 35.9 Å². The van der Waals surface area contributed by atoms with E-state index in [9.17, 15) is 4.57 Å². The van der Waals surface area contributed by atoms with Gasteiger partial charge in [0.05, 0.1) is 45.5 Å². The van der Waals surface area contributed by atoms with Crippen LogP contribution in [-0.4, -0.2) is 45.5 Å². The Hall–Kier alpha value is -2.03. The number of hydrogen-bond donors (Lipinski definition) is 1. The number of nitrogens with two attached hydrogens (primary N) is 1. The number of hydrogen-bond acceptors (Lipinski definition) is 8. The summed E-state index contributed by atoms with van der Waals surface area (Å²) in [5.41, 5.74) is 8.83. The molecule has 0 amide bonds. The van der Waals surface area contributed by atoms with Gasteiger partial charge in [0, 0.05) is 0 Å². The molecule has 30 heavy (non-hydrogen) atoms. The van der Waals surface area contributed by atoms with Gasteiger partial charge in [-0.3, -0.25) is 4.57 Å². The van der Waals surface area contributed by atoms with Crippen LogP contribution in [0.5, 0.6) is 0 Å². The highest BCUT2D eigenvalue weighted by molar-refractivity contribution is 7.53. The van der Waals surface area contributed by atoms with Gasteiger partial charge in [0.25, 0.3) is 0 Å². The Balaban J connectivity index is 1.61. The number of halogens is 1. The Kier molecular flexibility index (Phi) is 7.80. The van der Waals surface area contributed by atoms with Crippen molar-refractivity contribution in [3.8, 4) is 0 Å². The van der Waals surface area contributed by atoms with Crippen molar-refractivity contribution in [2.24, 2.45) is 0 Å². The van der Waals surface area contributed by atoms with Gasteiger partial charge >= 0.3 is 7.60 Å². The number of rotatable bonds is 11. The molecule has 11 heteroatoms. The number of aromatic nitrogens is 4. The Morgan fingerprint density at radius 3 is 2.63 bits per heavy atom. The molecule has 0 radical (unpaired) electrons. The first-order chi connectivity index (χ1) is 14.4. The monoisotopic (exact) mass is 453 g/mol. The average molecular weight is 454 g/mol. The minimum Gasteiger partial charge on any atom is -0.376 e. The molecule has 0 aliphatic rings. The van der Waals surface area contributed by atoms with E-state index in [1.54, 1.807) is 20.2 Å². The van der Waals surface area contributed by atoms with Crippen LogP contribution in [0, 0.1) is 0 Å². The van der Waals surface area contributed by atoms with E-state index in [-0.39, 0.29) is 23.9 Å². The highest BCUT2D eigenvalue weighted by Crippen LogP contribution is 2.47. The van der Waals surface area contributed by atoms with Crippen LogP contribution in [-0.2, 0) is 31.5 Å². The van der Waals surface area contributed by atoms with Crippen molar-refractivity contribution in [2.75, 3.05) is 31.7 Å². The van der Waals surface area contributed by atoms with E-state index in [2.05, 4.69) is 15.0 Å². The Labute approximate surface area is 180 Å². The molecule has 0 spiro atoms. The minimum absolute atomic E-state index is 0.104. The quantitative estimate of drug-likeness (QED) is 0.264. The van der Waals surface area contributed by atoms with Crippen LogP contribution in [0.3, 0.4) is 0 Å². The molecule has 3 aromatic rings. The first kappa shape index (κ1) is 22.7. The molecule has 1 aromatic carbocycles. The smallest absolute Gasteiger partial charge is 0.332 e. The van der Waals surface area contributed by atoms with E-state index in [0.717, 1.165) is 11.1 Å². The fourth-order valence-corrected chi connectivity index (χ4v) is 4.67. The molecule has 2 N–H and O–H groups in total. The Morgan fingerprint density at radius 1 is 1.17 bits per heavy atom. The summed E-state index contributed by atoms with van der Waals surface area (Å²) < 4.78 is 30.5. The standard InChI is InChI=1S/C19H25ClN5O4P/c1-3-28-30(26,29-4-2)9-8-27-12-15-7-5-6-14(10-15)11-25-13-22-16-17(20)23-19(21)24-18(16)25/h5-7,10,13H,3-4,8-9,11-12H2,1-2H3,(H2,21,23,24). The van der Waals surface area contributed by atoms with Crippen molar-refractivity contribution in [1.82, 2.24) is 19.5 Å². The summed E-state index contributed by atoms with van der Waals surface area (Å²) in [6.07, 6.45) is 1.88. The number of nitrogens with zero attached hydrogens (tertiary/aromatic N) is 4. The number of nitrogen functional groups attached to an aromatic ring is 1. The van der Waals surface area contributed by atoms with E-state index >= 15 is 0 Å². The largest absolute Gasteiger partial charge is 0.376 e. The van der Waals surface area contributed by atoms with Crippen LogP contribution in [0.1, 0.15) is 25.0 Å². The molecule has 0 saturated heterocycles. The summed E-state index contributed by atoms with van der Waals surface area (Å²) in [5, 5.41) is 0.231. The first-order valence-electron chi connectivity index (χ1n) is 9.61. The Morgan fingerprint density at radius 2 is 1.90 bits per heavy atom. The second-order valence-corrected chi connectivity index (χ2v) is 9.00. The molecular formula is C19H25ClN5O4P. The molecule has 162 valence electrons. The van der Waals surface area contributed by atoms with Crippen molar-refractivity contribution in [3.05, 3.63) is 46.9 Å². The fourth-order valence-electron chi connectivity index (χ4n) is 2.98. The van der Waals surface area contributed by atoms with Crippen LogP contribution >= 0.6 is 19.2 Å². The zero-order valence-corrected chi connectivity index (χ0v) is 18.6. The number of fused-ring (bicyclic) bond motifs is 1. The third kappa shape index (κ3) is 5.77. The summed E-state index contributed by atoms with van der Waals surface area (Å²) in [6, 6.07) is 7.95. The maximum atomic E-state index is 12.4. The fraction of sp³-hybridized carbons (Fsp3) is 0.421. The Bertz CT molecular complexity index is 1030. The maximum Gasteiger partial charge on any atom is 0.332 e. The van der Waals surface area contributed by atoms with Crippen molar-refractivity contribution in [2.45, 2.75) is 27.0 Å². The normalized spacial score (nSPS) is 12.0. The van der Waals surface area contributed by atoms with Crippen LogP contribution in [0.25, 0.3) is 11.2 Å². The van der Waals surface area contributed by atoms with Gasteiger partial charge < -0.3 is 24.1 Å². The van der Waals surface area contributed by atoms with Crippen LogP contribution in [0.15, 0.2) is 30.6 Å². The number of benzene rings is 1. The van der Waals surface area contributed by atoms with E-state index in [1.807, 2.05) is 28.8 Å². The van der Waals surface area contributed by atoms with Crippen LogP contribution in [0.4, 0.5) is 5.95 Å². The summed E-state index contributed by atoms with van der Waals surface area (Å²) in [6.45, 7) is 5.46. The summed E-state index contributed by atoms with van der Waals surface area (Å²) in [4.78, 5) is 12.4. The molecule has 0 bridgehead atoms. The van der Waals surface area contributed by atoms with Gasteiger partial charge in [-0.15, -0.1) is 0 Å². The lowest BCUT2D eigenvalue weighted by atomic mass is 10.1. The molecule has 0 saturated carbocycles. The predicted molar refractivity (Wildman–Crippen MR) is 116 cm³/mol. The molecule has 2 heterocycles. The molecule has 9 nitrogen and oxygen atoms in total. The second-order valence-electron chi connectivity index (χ2n) is 6.46. The van der Waals surface area contributed by atoms with Gasteiger partial charge in [-0.05, 0) is 25.0 Å². The van der Waals surface area contributed by atoms with E-state index in [1.165, 1.54) is 0 Å². The highest BCUT2D eigenvalue weighted by atomic mass is 35.5. The molecule has 0 unspecified atom stereocenters. The molecule has 2 aromatic heterocycles. The van der Waals surface area contributed by atoms with Crippen molar-refractivity contribution < 1.29 is 18.3 Å². The second kappa shape index (κ2) is 10.3. The van der Waals surface area contributed by atoms with E-state index in [0.29, 0.717) is 37.5 Å². The lowest BCUT2D eigenvalue weighted by molar-refractivity contribution is 0.127. The molecular weight excluding hydrogens is 429 g/mol. The van der Waals surface area contributed by atoms with Gasteiger partial charge in [0.1, 0.15) is 5.52 Å². The topological polar surface area (TPSA) is 114 Å². The summed E-state index contributed by atoms with van der Waals surface area (Å²) in [7, 11) is -3.09. The van der Waals surface area contributed by atoms with E-state index in [4.69, 9.17) is 31.1 Å². The molecule has 3 rings (SSSR count). The van der Waals surface area contributed by atoms with Gasteiger partial charge in [0.15, 0.2) is 10.8 Å². The molecule has 0 aliphatic heterocycles. The van der Waals surface area contributed by atoms with Crippen molar-refractivity contribution >= 4 is 36.3 Å². The summed E-state index contributed by atoms with van der Waals surface area (Å²) >= 11 is 6.09. The van der Waals surface area contributed by atoms with Gasteiger partial charge in [-0.25, -0.2) is 4.98 Å². The van der Waals surface area contributed by atoms with Gasteiger partial charge in [-0.2, -0.15) is 9.97 Å². The number of imidazole rings is 1. The number of anilines is 1. The highest BCUT2D eigenvalue weighted by Gasteiger charge is 2.22. The predicted octanol–water partition coefficient (Wildman–Crippen LogP) is 3.89. The van der Waals surface area contributed by atoms with Gasteiger partial charge in [0.2, 0.25) is 5.95 Å². The lowest BCUT2D eigenvalue weighted by Crippen LogP contribution is -2.07. The zero-order valence-electron chi connectivity index (χ0n) is 17.0. The lowest BCUT2D eigenvalue weighted by Gasteiger charge is -2.16. The maximum absolute atomic E-state index is 12.4. The van der Waals surface area contributed by atoms with Crippen LogP contribution in [0.2, 0.25) is 5.15 Å². The SMILES string of the molecule is CCOP(=O)(CCOCc1cccc(Cn2cnc3c(Cl)nc(N)nc32)c1)OCC. The third-order valence-electron chi connectivity index (χ3n) is 4.21. The molecule has 0 fully saturated rings. The van der Waals surface area contributed by atoms with Crippen molar-refractivity contribution in [3.63, 3.8) is 0 Å². The zero-order chi connectivity index (χ0) is 21.6. The molecule has 0 atom stereocenters. The molecule has 0 aliphatic carbocycles. The van der Waals surface area contributed by atoms with E-state index < -0.39 is 7.60 Å². The average Bonchev–Trinajstić information content (AvgIpc) is 3.09. The minimum atomic E-state index is -3.09. The summed E-state index contributed by atoms with van der Waals surface area (Å²) in [5.74, 6) is 0.104. The number of ether oxygens (including phenoxy) is 1.